The Bertz CT molecular complexity index is 363. The molecule has 0 atom stereocenters. The molecule has 2 N–H and O–H groups in total. The first-order chi connectivity index (χ1) is 8.13. The first-order valence-corrected chi connectivity index (χ1v) is 6.31. The molecule has 3 nitrogen and oxygen atoms in total. The lowest BCUT2D eigenvalue weighted by Crippen LogP contribution is -2.30. The van der Waals surface area contributed by atoms with Crippen molar-refractivity contribution >= 4 is 17.3 Å². The molecule has 0 saturated heterocycles. The Labute approximate surface area is 109 Å². The Balaban J connectivity index is 3.11. The molecule has 1 aromatic rings. The van der Waals surface area contributed by atoms with E-state index >= 15 is 0 Å². The average molecular weight is 257 g/mol. The van der Waals surface area contributed by atoms with Crippen LogP contribution in [0.15, 0.2) is 12.1 Å². The van der Waals surface area contributed by atoms with Crippen LogP contribution >= 0.6 is 11.6 Å². The van der Waals surface area contributed by atoms with Gasteiger partial charge in [0, 0.05) is 30.7 Å². The summed E-state index contributed by atoms with van der Waals surface area (Å²) in [5, 5.41) is 0.731. The lowest BCUT2D eigenvalue weighted by atomic mass is 10.1. The van der Waals surface area contributed by atoms with E-state index in [9.17, 15) is 0 Å². The summed E-state index contributed by atoms with van der Waals surface area (Å²) in [6.45, 7) is 6.57. The third-order valence-corrected chi connectivity index (χ3v) is 3.10. The standard InChI is InChI=1S/C13H21ClN2O/c1-4-6-16(7-5-15)12-8-10(2)11(14)9-13(12)17-3/h8-9H,4-7,15H2,1-3H3. The third kappa shape index (κ3) is 3.51. The van der Waals surface area contributed by atoms with Gasteiger partial charge < -0.3 is 15.4 Å². The molecule has 17 heavy (non-hydrogen) atoms. The van der Waals surface area contributed by atoms with Gasteiger partial charge in [0.05, 0.1) is 12.8 Å². The predicted octanol–water partition coefficient (Wildman–Crippen LogP) is 2.83. The molecule has 0 amide bonds. The summed E-state index contributed by atoms with van der Waals surface area (Å²) in [5.74, 6) is 0.808. The second-order valence-corrected chi connectivity index (χ2v) is 4.46. The molecule has 0 fully saturated rings. The van der Waals surface area contributed by atoms with Gasteiger partial charge in [0.15, 0.2) is 0 Å². The van der Waals surface area contributed by atoms with E-state index in [-0.39, 0.29) is 0 Å². The van der Waals surface area contributed by atoms with E-state index in [0.29, 0.717) is 6.54 Å². The van der Waals surface area contributed by atoms with E-state index in [1.165, 1.54) is 0 Å². The highest BCUT2D eigenvalue weighted by atomic mass is 35.5. The fourth-order valence-electron chi connectivity index (χ4n) is 1.84. The van der Waals surface area contributed by atoms with Crippen molar-refractivity contribution in [1.29, 1.82) is 0 Å². The molecular weight excluding hydrogens is 236 g/mol. The van der Waals surface area contributed by atoms with Gasteiger partial charge in [0.2, 0.25) is 0 Å². The van der Waals surface area contributed by atoms with Crippen LogP contribution in [0.3, 0.4) is 0 Å². The maximum Gasteiger partial charge on any atom is 0.143 e. The second-order valence-electron chi connectivity index (χ2n) is 4.05. The fraction of sp³-hybridized carbons (Fsp3) is 0.538. The number of hydrogen-bond acceptors (Lipinski definition) is 3. The van der Waals surface area contributed by atoms with Gasteiger partial charge in [-0.15, -0.1) is 0 Å². The van der Waals surface area contributed by atoms with Crippen LogP contribution in [0.1, 0.15) is 18.9 Å². The molecule has 0 spiro atoms. The van der Waals surface area contributed by atoms with Crippen molar-refractivity contribution in [3.63, 3.8) is 0 Å². The number of anilines is 1. The highest BCUT2D eigenvalue weighted by Crippen LogP contribution is 2.33. The van der Waals surface area contributed by atoms with Crippen LogP contribution in [-0.4, -0.2) is 26.7 Å². The summed E-state index contributed by atoms with van der Waals surface area (Å²) in [6.07, 6.45) is 1.07. The van der Waals surface area contributed by atoms with Gasteiger partial charge in [-0.1, -0.05) is 18.5 Å². The Morgan fingerprint density at radius 1 is 1.35 bits per heavy atom. The number of methoxy groups -OCH3 is 1. The largest absolute Gasteiger partial charge is 0.495 e. The van der Waals surface area contributed by atoms with Gasteiger partial charge >= 0.3 is 0 Å². The Morgan fingerprint density at radius 3 is 2.59 bits per heavy atom. The summed E-state index contributed by atoms with van der Waals surface area (Å²) in [5.41, 5.74) is 7.78. The van der Waals surface area contributed by atoms with Crippen molar-refractivity contribution in [2.75, 3.05) is 31.6 Å². The third-order valence-electron chi connectivity index (χ3n) is 2.69. The number of aryl methyl sites for hydroxylation is 1. The van der Waals surface area contributed by atoms with E-state index in [0.717, 1.165) is 41.5 Å². The topological polar surface area (TPSA) is 38.5 Å². The lowest BCUT2D eigenvalue weighted by Gasteiger charge is -2.26. The highest BCUT2D eigenvalue weighted by Gasteiger charge is 2.13. The first kappa shape index (κ1) is 14.1. The minimum atomic E-state index is 0.630. The molecule has 0 aromatic heterocycles. The maximum absolute atomic E-state index is 6.10. The molecule has 0 aliphatic heterocycles. The summed E-state index contributed by atoms with van der Waals surface area (Å²) >= 11 is 6.10. The SMILES string of the molecule is CCCN(CCN)c1cc(C)c(Cl)cc1OC. The molecule has 0 saturated carbocycles. The van der Waals surface area contributed by atoms with Gasteiger partial charge in [-0.25, -0.2) is 0 Å². The summed E-state index contributed by atoms with van der Waals surface area (Å²) in [4.78, 5) is 2.24. The molecule has 0 aliphatic rings. The minimum absolute atomic E-state index is 0.630. The van der Waals surface area contributed by atoms with Crippen LogP contribution in [-0.2, 0) is 0 Å². The number of nitrogens with two attached hydrogens (primary N) is 1. The van der Waals surface area contributed by atoms with Gasteiger partial charge in [0.25, 0.3) is 0 Å². The lowest BCUT2D eigenvalue weighted by molar-refractivity contribution is 0.414. The van der Waals surface area contributed by atoms with Crippen LogP contribution in [0, 0.1) is 6.92 Å². The van der Waals surface area contributed by atoms with E-state index < -0.39 is 0 Å². The Kier molecular flexibility index (Phi) is 5.59. The van der Waals surface area contributed by atoms with Crippen LogP contribution in [0.2, 0.25) is 5.02 Å². The van der Waals surface area contributed by atoms with Crippen LogP contribution in [0.4, 0.5) is 5.69 Å². The van der Waals surface area contributed by atoms with Crippen LogP contribution in [0.25, 0.3) is 0 Å². The fourth-order valence-corrected chi connectivity index (χ4v) is 1.99. The van der Waals surface area contributed by atoms with E-state index in [1.807, 2.05) is 13.0 Å². The van der Waals surface area contributed by atoms with Gasteiger partial charge in [-0.05, 0) is 25.0 Å². The van der Waals surface area contributed by atoms with Crippen molar-refractivity contribution in [3.8, 4) is 5.75 Å². The molecule has 96 valence electrons. The number of ether oxygens (including phenoxy) is 1. The summed E-state index contributed by atoms with van der Waals surface area (Å²) < 4.78 is 5.39. The maximum atomic E-state index is 6.10. The second kappa shape index (κ2) is 6.72. The normalized spacial score (nSPS) is 10.4. The first-order valence-electron chi connectivity index (χ1n) is 5.93. The van der Waals surface area contributed by atoms with E-state index in [4.69, 9.17) is 22.1 Å². The minimum Gasteiger partial charge on any atom is -0.495 e. The van der Waals surface area contributed by atoms with Gasteiger partial charge in [-0.3, -0.25) is 0 Å². The molecule has 1 aromatic carbocycles. The zero-order chi connectivity index (χ0) is 12.8. The number of halogens is 1. The number of nitrogens with zero attached hydrogens (tertiary/aromatic N) is 1. The summed E-state index contributed by atoms with van der Waals surface area (Å²) in [6, 6.07) is 3.93. The monoisotopic (exact) mass is 256 g/mol. The summed E-state index contributed by atoms with van der Waals surface area (Å²) in [7, 11) is 1.66. The average Bonchev–Trinajstić information content (AvgIpc) is 2.32. The van der Waals surface area contributed by atoms with E-state index in [2.05, 4.69) is 17.9 Å². The molecular formula is C13H21ClN2O. The Hall–Kier alpha value is -0.930. The zero-order valence-corrected chi connectivity index (χ0v) is 11.5. The molecule has 0 bridgehead atoms. The van der Waals surface area contributed by atoms with Crippen molar-refractivity contribution in [3.05, 3.63) is 22.7 Å². The molecule has 0 unspecified atom stereocenters. The van der Waals surface area contributed by atoms with Gasteiger partial charge in [-0.2, -0.15) is 0 Å². The molecule has 0 radical (unpaired) electrons. The van der Waals surface area contributed by atoms with E-state index in [1.54, 1.807) is 7.11 Å². The zero-order valence-electron chi connectivity index (χ0n) is 10.8. The highest BCUT2D eigenvalue weighted by molar-refractivity contribution is 6.31. The molecule has 0 heterocycles. The number of benzene rings is 1. The van der Waals surface area contributed by atoms with Crippen molar-refractivity contribution < 1.29 is 4.74 Å². The Morgan fingerprint density at radius 2 is 2.06 bits per heavy atom. The smallest absolute Gasteiger partial charge is 0.143 e. The van der Waals surface area contributed by atoms with Crippen molar-refractivity contribution in [2.45, 2.75) is 20.3 Å². The van der Waals surface area contributed by atoms with Crippen LogP contribution < -0.4 is 15.4 Å². The number of rotatable bonds is 6. The predicted molar refractivity (Wildman–Crippen MR) is 74.3 cm³/mol. The van der Waals surface area contributed by atoms with Crippen molar-refractivity contribution in [2.24, 2.45) is 5.73 Å². The van der Waals surface area contributed by atoms with Crippen LogP contribution in [0.5, 0.6) is 5.75 Å². The molecule has 1 rings (SSSR count). The number of hydrogen-bond donors (Lipinski definition) is 1. The molecule has 0 aliphatic carbocycles. The van der Waals surface area contributed by atoms with Gasteiger partial charge in [0.1, 0.15) is 5.75 Å². The van der Waals surface area contributed by atoms with Crippen molar-refractivity contribution in [1.82, 2.24) is 0 Å². The molecule has 4 heteroatoms. The quantitative estimate of drug-likeness (QED) is 0.851.